The van der Waals surface area contributed by atoms with E-state index >= 15 is 0 Å². The van der Waals surface area contributed by atoms with Crippen molar-refractivity contribution < 1.29 is 14.7 Å². The fourth-order valence-corrected chi connectivity index (χ4v) is 2.64. The molecule has 0 saturated carbocycles. The Bertz CT molecular complexity index is 586. The maximum absolute atomic E-state index is 12.2. The molecule has 1 aliphatic rings. The minimum Gasteiger partial charge on any atom is -0.480 e. The van der Waals surface area contributed by atoms with Crippen molar-refractivity contribution in [2.24, 2.45) is 0 Å². The summed E-state index contributed by atoms with van der Waals surface area (Å²) >= 11 is 11.7. The lowest BCUT2D eigenvalue weighted by molar-refractivity contribution is -0.150. The molecule has 1 aromatic rings. The van der Waals surface area contributed by atoms with Crippen LogP contribution < -0.4 is 0 Å². The summed E-state index contributed by atoms with van der Waals surface area (Å²) < 4.78 is 0. The van der Waals surface area contributed by atoms with E-state index in [1.54, 1.807) is 24.3 Å². The molecule has 1 aliphatic heterocycles. The van der Waals surface area contributed by atoms with Gasteiger partial charge >= 0.3 is 5.97 Å². The van der Waals surface area contributed by atoms with Gasteiger partial charge in [0.1, 0.15) is 6.04 Å². The Balaban J connectivity index is 2.10. The van der Waals surface area contributed by atoms with Gasteiger partial charge in [0.15, 0.2) is 0 Å². The number of rotatable bonds is 3. The van der Waals surface area contributed by atoms with Crippen LogP contribution in [0, 0.1) is 0 Å². The van der Waals surface area contributed by atoms with Gasteiger partial charge in [-0.15, -0.1) is 0 Å². The SMILES string of the molecule is O=C(O)[C@H]1CCCCN1C(=O)C=Cc1ccc(Cl)c(Cl)c1. The number of aliphatic carboxylic acids is 1. The molecule has 1 atom stereocenters. The molecule has 4 nitrogen and oxygen atoms in total. The topological polar surface area (TPSA) is 57.6 Å². The van der Waals surface area contributed by atoms with Gasteiger partial charge < -0.3 is 10.0 Å². The summed E-state index contributed by atoms with van der Waals surface area (Å²) in [5.41, 5.74) is 0.738. The quantitative estimate of drug-likeness (QED) is 0.865. The molecule has 0 spiro atoms. The number of carbonyl (C=O) groups excluding carboxylic acids is 1. The van der Waals surface area contributed by atoms with Crippen molar-refractivity contribution in [3.8, 4) is 0 Å². The first-order valence-electron chi connectivity index (χ1n) is 6.65. The smallest absolute Gasteiger partial charge is 0.326 e. The number of nitrogens with zero attached hydrogens (tertiary/aromatic N) is 1. The fourth-order valence-electron chi connectivity index (χ4n) is 2.33. The van der Waals surface area contributed by atoms with Gasteiger partial charge in [0.05, 0.1) is 10.0 Å². The predicted octanol–water partition coefficient (Wildman–Crippen LogP) is 3.47. The zero-order valence-electron chi connectivity index (χ0n) is 11.3. The molecule has 112 valence electrons. The highest BCUT2D eigenvalue weighted by atomic mass is 35.5. The van der Waals surface area contributed by atoms with Gasteiger partial charge in [-0.25, -0.2) is 4.79 Å². The molecule has 1 aromatic carbocycles. The van der Waals surface area contributed by atoms with E-state index in [9.17, 15) is 9.59 Å². The second-order valence-electron chi connectivity index (χ2n) is 4.89. The van der Waals surface area contributed by atoms with Crippen LogP contribution in [0.25, 0.3) is 6.08 Å². The van der Waals surface area contributed by atoms with Gasteiger partial charge in [0, 0.05) is 12.6 Å². The molecule has 1 N–H and O–H groups in total. The van der Waals surface area contributed by atoms with Crippen LogP contribution in [-0.4, -0.2) is 34.5 Å². The molecule has 21 heavy (non-hydrogen) atoms. The number of hydrogen-bond acceptors (Lipinski definition) is 2. The first-order valence-corrected chi connectivity index (χ1v) is 7.41. The summed E-state index contributed by atoms with van der Waals surface area (Å²) in [4.78, 5) is 24.7. The van der Waals surface area contributed by atoms with Gasteiger partial charge in [-0.05, 0) is 43.0 Å². The Morgan fingerprint density at radius 2 is 2.00 bits per heavy atom. The molecule has 0 unspecified atom stereocenters. The van der Waals surface area contributed by atoms with E-state index < -0.39 is 12.0 Å². The van der Waals surface area contributed by atoms with Gasteiger partial charge in [-0.2, -0.15) is 0 Å². The van der Waals surface area contributed by atoms with Crippen LogP contribution in [0.5, 0.6) is 0 Å². The van der Waals surface area contributed by atoms with Crippen LogP contribution in [0.4, 0.5) is 0 Å². The molecular formula is C15H15Cl2NO3. The van der Waals surface area contributed by atoms with Crippen LogP contribution >= 0.6 is 23.2 Å². The second-order valence-corrected chi connectivity index (χ2v) is 5.70. The van der Waals surface area contributed by atoms with Crippen LogP contribution in [-0.2, 0) is 9.59 Å². The summed E-state index contributed by atoms with van der Waals surface area (Å²) in [6.45, 7) is 0.474. The maximum atomic E-state index is 12.2. The summed E-state index contributed by atoms with van der Waals surface area (Å²) in [5.74, 6) is -1.25. The maximum Gasteiger partial charge on any atom is 0.326 e. The fraction of sp³-hybridized carbons (Fsp3) is 0.333. The number of carbonyl (C=O) groups is 2. The van der Waals surface area contributed by atoms with Gasteiger partial charge in [0.25, 0.3) is 0 Å². The van der Waals surface area contributed by atoms with Crippen molar-refractivity contribution in [3.05, 3.63) is 39.9 Å². The molecule has 0 aliphatic carbocycles. The van der Waals surface area contributed by atoms with E-state index in [1.807, 2.05) is 0 Å². The highest BCUT2D eigenvalue weighted by Gasteiger charge is 2.30. The number of carboxylic acid groups (broad SMARTS) is 1. The van der Waals surface area contributed by atoms with Gasteiger partial charge in [-0.1, -0.05) is 29.3 Å². The Hall–Kier alpha value is -1.52. The van der Waals surface area contributed by atoms with Crippen molar-refractivity contribution >= 4 is 41.2 Å². The Labute approximate surface area is 133 Å². The van der Waals surface area contributed by atoms with E-state index in [0.717, 1.165) is 18.4 Å². The first kappa shape index (κ1) is 15.9. The van der Waals surface area contributed by atoms with Crippen molar-refractivity contribution in [1.29, 1.82) is 0 Å². The van der Waals surface area contributed by atoms with Crippen molar-refractivity contribution in [1.82, 2.24) is 4.90 Å². The van der Waals surface area contributed by atoms with Gasteiger partial charge in [-0.3, -0.25) is 4.79 Å². The molecule has 1 fully saturated rings. The van der Waals surface area contributed by atoms with Crippen LogP contribution in [0.2, 0.25) is 10.0 Å². The summed E-state index contributed by atoms with van der Waals surface area (Å²) in [5, 5.41) is 10.0. The third kappa shape index (κ3) is 3.99. The molecule has 1 amide bonds. The van der Waals surface area contributed by atoms with E-state index in [0.29, 0.717) is 23.0 Å². The van der Waals surface area contributed by atoms with Crippen molar-refractivity contribution in [2.75, 3.05) is 6.54 Å². The number of halogens is 2. The van der Waals surface area contributed by atoms with E-state index in [1.165, 1.54) is 11.0 Å². The number of piperidine rings is 1. The largest absolute Gasteiger partial charge is 0.480 e. The minimum atomic E-state index is -0.953. The third-order valence-corrected chi connectivity index (χ3v) is 4.17. The molecule has 6 heteroatoms. The molecule has 1 saturated heterocycles. The van der Waals surface area contributed by atoms with Crippen molar-refractivity contribution in [2.45, 2.75) is 25.3 Å². The highest BCUT2D eigenvalue weighted by Crippen LogP contribution is 2.23. The van der Waals surface area contributed by atoms with E-state index in [-0.39, 0.29) is 5.91 Å². The molecular weight excluding hydrogens is 313 g/mol. The Morgan fingerprint density at radius 1 is 1.24 bits per heavy atom. The molecule has 0 aromatic heterocycles. The van der Waals surface area contributed by atoms with Crippen LogP contribution in [0.1, 0.15) is 24.8 Å². The molecule has 2 rings (SSSR count). The lowest BCUT2D eigenvalue weighted by atomic mass is 10.0. The summed E-state index contributed by atoms with van der Waals surface area (Å²) in [7, 11) is 0. The lowest BCUT2D eigenvalue weighted by Crippen LogP contribution is -2.47. The number of likely N-dealkylation sites (tertiary alicyclic amines) is 1. The van der Waals surface area contributed by atoms with E-state index in [4.69, 9.17) is 28.3 Å². The standard InChI is InChI=1S/C15H15Cl2NO3/c16-11-6-4-10(9-12(11)17)5-7-14(19)18-8-2-1-3-13(18)15(20)21/h4-7,9,13H,1-3,8H2,(H,20,21)/t13-/m1/s1. The highest BCUT2D eigenvalue weighted by molar-refractivity contribution is 6.42. The Kier molecular flexibility index (Phi) is 5.26. The zero-order chi connectivity index (χ0) is 15.4. The monoisotopic (exact) mass is 327 g/mol. The predicted molar refractivity (Wildman–Crippen MR) is 82.5 cm³/mol. The third-order valence-electron chi connectivity index (χ3n) is 3.43. The van der Waals surface area contributed by atoms with Crippen LogP contribution in [0.3, 0.4) is 0 Å². The molecule has 0 bridgehead atoms. The van der Waals surface area contributed by atoms with Crippen LogP contribution in [0.15, 0.2) is 24.3 Å². The zero-order valence-corrected chi connectivity index (χ0v) is 12.8. The number of carboxylic acids is 1. The molecule has 1 heterocycles. The number of benzene rings is 1. The number of amides is 1. The van der Waals surface area contributed by atoms with E-state index in [2.05, 4.69) is 0 Å². The first-order chi connectivity index (χ1) is 9.99. The Morgan fingerprint density at radius 3 is 2.67 bits per heavy atom. The minimum absolute atomic E-state index is 0.298. The second kappa shape index (κ2) is 6.96. The summed E-state index contributed by atoms with van der Waals surface area (Å²) in [6.07, 6.45) is 5.15. The average molecular weight is 328 g/mol. The van der Waals surface area contributed by atoms with Crippen molar-refractivity contribution in [3.63, 3.8) is 0 Å². The summed E-state index contributed by atoms with van der Waals surface area (Å²) in [6, 6.07) is 4.31. The molecule has 0 radical (unpaired) electrons. The number of hydrogen-bond donors (Lipinski definition) is 1. The normalized spacial score (nSPS) is 19.0. The lowest BCUT2D eigenvalue weighted by Gasteiger charge is -2.32. The average Bonchev–Trinajstić information content (AvgIpc) is 2.48. The van der Waals surface area contributed by atoms with Gasteiger partial charge in [0.2, 0.25) is 5.91 Å².